The summed E-state index contributed by atoms with van der Waals surface area (Å²) in [4.78, 5) is 2.19. The molecule has 0 radical (unpaired) electrons. The molecular formula is C14H22F2N2. The van der Waals surface area contributed by atoms with Crippen LogP contribution in [0.25, 0.3) is 0 Å². The third-order valence-electron chi connectivity index (χ3n) is 3.18. The van der Waals surface area contributed by atoms with Crippen LogP contribution in [0.15, 0.2) is 18.2 Å². The minimum absolute atomic E-state index is 0.403. The van der Waals surface area contributed by atoms with Crippen molar-refractivity contribution >= 4 is 0 Å². The van der Waals surface area contributed by atoms with E-state index in [1.165, 1.54) is 12.1 Å². The molecule has 0 aliphatic rings. The molecule has 4 heteroatoms. The Balaban J connectivity index is 2.81. The fourth-order valence-corrected chi connectivity index (χ4v) is 2.30. The number of rotatable bonds is 7. The summed E-state index contributed by atoms with van der Waals surface area (Å²) in [6.45, 7) is 6.06. The molecule has 102 valence electrons. The second kappa shape index (κ2) is 7.44. The molecular weight excluding hydrogens is 234 g/mol. The maximum Gasteiger partial charge on any atom is 0.126 e. The molecule has 0 amide bonds. The number of halogens is 2. The molecule has 0 aliphatic heterocycles. The van der Waals surface area contributed by atoms with E-state index in [0.29, 0.717) is 24.7 Å². The minimum atomic E-state index is -0.526. The van der Waals surface area contributed by atoms with Crippen molar-refractivity contribution in [2.45, 2.75) is 39.3 Å². The molecule has 0 aromatic heterocycles. The summed E-state index contributed by atoms with van der Waals surface area (Å²) in [5.74, 6) is -1.05. The van der Waals surface area contributed by atoms with Gasteiger partial charge in [0, 0.05) is 31.7 Å². The fourth-order valence-electron chi connectivity index (χ4n) is 2.30. The van der Waals surface area contributed by atoms with E-state index in [9.17, 15) is 8.78 Å². The van der Waals surface area contributed by atoms with E-state index >= 15 is 0 Å². The lowest BCUT2D eigenvalue weighted by Crippen LogP contribution is -2.37. The van der Waals surface area contributed by atoms with E-state index in [4.69, 9.17) is 5.73 Å². The first kappa shape index (κ1) is 15.1. The molecule has 0 bridgehead atoms. The van der Waals surface area contributed by atoms with Crippen LogP contribution >= 0.6 is 0 Å². The van der Waals surface area contributed by atoms with Crippen LogP contribution in [-0.4, -0.2) is 24.0 Å². The third-order valence-corrected chi connectivity index (χ3v) is 3.18. The van der Waals surface area contributed by atoms with Gasteiger partial charge in [0.25, 0.3) is 0 Å². The second-order valence-electron chi connectivity index (χ2n) is 4.51. The predicted molar refractivity (Wildman–Crippen MR) is 70.2 cm³/mol. The van der Waals surface area contributed by atoms with Crippen molar-refractivity contribution in [2.75, 3.05) is 13.1 Å². The monoisotopic (exact) mass is 256 g/mol. The summed E-state index contributed by atoms with van der Waals surface area (Å²) in [5, 5.41) is 0. The Morgan fingerprint density at radius 1 is 1.11 bits per heavy atom. The first-order valence-corrected chi connectivity index (χ1v) is 6.49. The number of benzene rings is 1. The zero-order valence-electron chi connectivity index (χ0n) is 11.1. The fraction of sp³-hybridized carbons (Fsp3) is 0.571. The lowest BCUT2D eigenvalue weighted by molar-refractivity contribution is 0.182. The lowest BCUT2D eigenvalue weighted by Gasteiger charge is -2.30. The smallest absolute Gasteiger partial charge is 0.126 e. The first-order valence-electron chi connectivity index (χ1n) is 6.49. The van der Waals surface area contributed by atoms with Gasteiger partial charge < -0.3 is 5.73 Å². The van der Waals surface area contributed by atoms with Crippen LogP contribution in [0.2, 0.25) is 0 Å². The van der Waals surface area contributed by atoms with Gasteiger partial charge in [0.2, 0.25) is 0 Å². The van der Waals surface area contributed by atoms with Gasteiger partial charge in [-0.15, -0.1) is 0 Å². The highest BCUT2D eigenvalue weighted by molar-refractivity contribution is 5.17. The van der Waals surface area contributed by atoms with Gasteiger partial charge in [-0.1, -0.05) is 13.8 Å². The van der Waals surface area contributed by atoms with E-state index in [0.717, 1.165) is 25.5 Å². The van der Waals surface area contributed by atoms with Gasteiger partial charge in [0.15, 0.2) is 0 Å². The summed E-state index contributed by atoms with van der Waals surface area (Å²) in [6.07, 6.45) is 2.02. The van der Waals surface area contributed by atoms with E-state index in [-0.39, 0.29) is 0 Å². The molecule has 1 aromatic rings. The van der Waals surface area contributed by atoms with Gasteiger partial charge in [0.1, 0.15) is 11.6 Å². The van der Waals surface area contributed by atoms with Crippen LogP contribution in [0.3, 0.4) is 0 Å². The average molecular weight is 256 g/mol. The zero-order valence-corrected chi connectivity index (χ0v) is 11.1. The van der Waals surface area contributed by atoms with Gasteiger partial charge in [-0.3, -0.25) is 4.90 Å². The van der Waals surface area contributed by atoms with Crippen LogP contribution in [-0.2, 0) is 6.54 Å². The van der Waals surface area contributed by atoms with Crippen molar-refractivity contribution in [3.8, 4) is 0 Å². The van der Waals surface area contributed by atoms with Crippen molar-refractivity contribution in [3.63, 3.8) is 0 Å². The van der Waals surface area contributed by atoms with Gasteiger partial charge >= 0.3 is 0 Å². The Morgan fingerprint density at radius 3 is 2.11 bits per heavy atom. The molecule has 0 spiro atoms. The average Bonchev–Trinajstić information content (AvgIpc) is 2.29. The molecule has 0 atom stereocenters. The lowest BCUT2D eigenvalue weighted by atomic mass is 10.1. The highest BCUT2D eigenvalue weighted by atomic mass is 19.1. The number of hydrogen-bond acceptors (Lipinski definition) is 2. The van der Waals surface area contributed by atoms with Gasteiger partial charge in [0.05, 0.1) is 0 Å². The van der Waals surface area contributed by atoms with Gasteiger partial charge in [-0.25, -0.2) is 8.78 Å². The van der Waals surface area contributed by atoms with E-state index in [1.807, 2.05) is 0 Å². The normalized spacial score (nSPS) is 11.5. The number of nitrogens with zero attached hydrogens (tertiary/aromatic N) is 1. The van der Waals surface area contributed by atoms with Crippen LogP contribution in [0, 0.1) is 11.6 Å². The Bertz CT molecular complexity index is 345. The maximum atomic E-state index is 13.1. The van der Waals surface area contributed by atoms with Crippen molar-refractivity contribution in [1.29, 1.82) is 0 Å². The summed E-state index contributed by atoms with van der Waals surface area (Å²) >= 11 is 0. The molecule has 0 saturated carbocycles. The Morgan fingerprint density at radius 2 is 1.67 bits per heavy atom. The van der Waals surface area contributed by atoms with Crippen LogP contribution in [0.4, 0.5) is 8.78 Å². The summed E-state index contributed by atoms with van der Waals surface area (Å²) in [5.41, 5.74) is 6.26. The Labute approximate surface area is 108 Å². The highest BCUT2D eigenvalue weighted by Gasteiger charge is 2.15. The van der Waals surface area contributed by atoms with E-state index in [1.54, 1.807) is 0 Å². The quantitative estimate of drug-likeness (QED) is 0.812. The molecule has 0 aliphatic carbocycles. The van der Waals surface area contributed by atoms with Crippen molar-refractivity contribution < 1.29 is 8.78 Å². The molecule has 0 saturated heterocycles. The molecule has 18 heavy (non-hydrogen) atoms. The highest BCUT2D eigenvalue weighted by Crippen LogP contribution is 2.15. The van der Waals surface area contributed by atoms with Crippen molar-refractivity contribution in [1.82, 2.24) is 4.90 Å². The molecule has 0 unspecified atom stereocenters. The van der Waals surface area contributed by atoms with E-state index in [2.05, 4.69) is 18.7 Å². The van der Waals surface area contributed by atoms with Gasteiger partial charge in [-0.05, 0) is 30.5 Å². The minimum Gasteiger partial charge on any atom is -0.329 e. The topological polar surface area (TPSA) is 29.3 Å². The standard InChI is InChI=1S/C14H22F2N2/c1-3-14(4-2)18(6-5-17)10-11-7-12(15)9-13(16)8-11/h7-9,14H,3-6,10,17H2,1-2H3. The summed E-state index contributed by atoms with van der Waals surface area (Å²) in [6, 6.07) is 4.07. The molecule has 0 heterocycles. The largest absolute Gasteiger partial charge is 0.329 e. The maximum absolute atomic E-state index is 13.1. The van der Waals surface area contributed by atoms with E-state index < -0.39 is 11.6 Å². The molecule has 0 fully saturated rings. The SMILES string of the molecule is CCC(CC)N(CCN)Cc1cc(F)cc(F)c1. The zero-order chi connectivity index (χ0) is 13.5. The Kier molecular flexibility index (Phi) is 6.22. The second-order valence-corrected chi connectivity index (χ2v) is 4.51. The molecule has 2 N–H and O–H groups in total. The van der Waals surface area contributed by atoms with Crippen LogP contribution in [0.1, 0.15) is 32.3 Å². The van der Waals surface area contributed by atoms with Gasteiger partial charge in [-0.2, -0.15) is 0 Å². The van der Waals surface area contributed by atoms with Crippen molar-refractivity contribution in [3.05, 3.63) is 35.4 Å². The third kappa shape index (κ3) is 4.35. The van der Waals surface area contributed by atoms with Crippen molar-refractivity contribution in [2.24, 2.45) is 5.73 Å². The molecule has 1 rings (SSSR count). The predicted octanol–water partition coefficient (Wildman–Crippen LogP) is 2.91. The summed E-state index contributed by atoms with van der Waals surface area (Å²) < 4.78 is 26.3. The molecule has 1 aromatic carbocycles. The van der Waals surface area contributed by atoms with Crippen LogP contribution in [0.5, 0.6) is 0 Å². The first-order chi connectivity index (χ1) is 8.60. The molecule has 2 nitrogen and oxygen atoms in total. The number of nitrogens with two attached hydrogens (primary N) is 1. The number of hydrogen-bond donors (Lipinski definition) is 1. The summed E-state index contributed by atoms with van der Waals surface area (Å²) in [7, 11) is 0. The van der Waals surface area contributed by atoms with Crippen LogP contribution < -0.4 is 5.73 Å². The Hall–Kier alpha value is -1.00.